The summed E-state index contributed by atoms with van der Waals surface area (Å²) < 4.78 is 28.5. The molecule has 9 heteroatoms. The van der Waals surface area contributed by atoms with Crippen molar-refractivity contribution in [3.8, 4) is 5.69 Å². The fourth-order valence-electron chi connectivity index (χ4n) is 4.01. The van der Waals surface area contributed by atoms with Gasteiger partial charge < -0.3 is 5.32 Å². The summed E-state index contributed by atoms with van der Waals surface area (Å²) in [5.41, 5.74) is 4.54. The number of carbonyl (C=O) groups is 2. The van der Waals surface area contributed by atoms with Gasteiger partial charge in [-0.15, -0.1) is 0 Å². The Labute approximate surface area is 193 Å². The van der Waals surface area contributed by atoms with Gasteiger partial charge in [-0.25, -0.2) is 13.1 Å². The molecule has 0 aliphatic heterocycles. The van der Waals surface area contributed by atoms with Gasteiger partial charge in [0.05, 0.1) is 29.4 Å². The van der Waals surface area contributed by atoms with Crippen molar-refractivity contribution in [1.29, 1.82) is 0 Å². The van der Waals surface area contributed by atoms with E-state index in [0.717, 1.165) is 40.5 Å². The number of Topliss-reactive ketones (excluding diaryl/α,β-unsaturated/α-hetero) is 1. The van der Waals surface area contributed by atoms with Gasteiger partial charge in [-0.1, -0.05) is 30.3 Å². The quantitative estimate of drug-likeness (QED) is 0.514. The number of hydrogen-bond donors (Lipinski definition) is 1. The predicted octanol–water partition coefficient (Wildman–Crippen LogP) is 2.50. The van der Waals surface area contributed by atoms with Gasteiger partial charge in [-0.3, -0.25) is 9.59 Å². The Kier molecular flexibility index (Phi) is 6.44. The predicted molar refractivity (Wildman–Crippen MR) is 124 cm³/mol. The van der Waals surface area contributed by atoms with Crippen LogP contribution in [-0.4, -0.2) is 47.8 Å². The third-order valence-electron chi connectivity index (χ3n) is 5.80. The average molecular weight is 467 g/mol. The van der Waals surface area contributed by atoms with Crippen molar-refractivity contribution in [2.45, 2.75) is 37.6 Å². The lowest BCUT2D eigenvalue weighted by Crippen LogP contribution is -2.38. The highest BCUT2D eigenvalue weighted by molar-refractivity contribution is 7.89. The highest BCUT2D eigenvalue weighted by atomic mass is 32.2. The molecule has 1 N–H and O–H groups in total. The average Bonchev–Trinajstić information content (AvgIpc) is 3.41. The van der Waals surface area contributed by atoms with Crippen LogP contribution in [0.4, 0.5) is 0 Å². The first-order chi connectivity index (χ1) is 15.8. The van der Waals surface area contributed by atoms with E-state index >= 15 is 0 Å². The van der Waals surface area contributed by atoms with Crippen molar-refractivity contribution < 1.29 is 18.0 Å². The number of carbonyl (C=O) groups excluding carboxylic acids is 2. The summed E-state index contributed by atoms with van der Waals surface area (Å²) in [6.07, 6.45) is 2.90. The third-order valence-corrected chi connectivity index (χ3v) is 7.62. The van der Waals surface area contributed by atoms with Gasteiger partial charge >= 0.3 is 0 Å². The van der Waals surface area contributed by atoms with E-state index in [4.69, 9.17) is 5.10 Å². The Hall–Kier alpha value is -3.30. The number of hydrogen-bond acceptors (Lipinski definition) is 5. The largest absolute Gasteiger partial charge is 0.349 e. The first-order valence-electron chi connectivity index (χ1n) is 10.8. The van der Waals surface area contributed by atoms with E-state index in [2.05, 4.69) is 5.32 Å². The van der Waals surface area contributed by atoms with Crippen molar-refractivity contribution in [1.82, 2.24) is 19.4 Å². The van der Waals surface area contributed by atoms with Crippen LogP contribution in [0.2, 0.25) is 0 Å². The molecule has 4 rings (SSSR count). The minimum atomic E-state index is -3.86. The van der Waals surface area contributed by atoms with Crippen molar-refractivity contribution >= 4 is 21.7 Å². The number of rotatable bonds is 8. The molecule has 0 bridgehead atoms. The van der Waals surface area contributed by atoms with Crippen LogP contribution in [-0.2, 0) is 34.2 Å². The van der Waals surface area contributed by atoms with Crippen LogP contribution in [0.15, 0.2) is 59.5 Å². The summed E-state index contributed by atoms with van der Waals surface area (Å²) in [6, 6.07) is 15.6. The molecule has 0 saturated heterocycles. The molecule has 172 valence electrons. The Morgan fingerprint density at radius 2 is 1.76 bits per heavy atom. The van der Waals surface area contributed by atoms with Crippen LogP contribution in [0.3, 0.4) is 0 Å². The molecule has 1 amide bonds. The number of likely N-dealkylation sites (N-methyl/N-ethyl adjacent to an activating group) is 1. The van der Waals surface area contributed by atoms with Gasteiger partial charge in [0.2, 0.25) is 15.9 Å². The molecule has 0 unspecified atom stereocenters. The van der Waals surface area contributed by atoms with Crippen molar-refractivity contribution in [3.05, 3.63) is 77.1 Å². The first kappa shape index (κ1) is 22.9. The molecular formula is C24H26N4O4S. The minimum Gasteiger partial charge on any atom is -0.349 e. The van der Waals surface area contributed by atoms with E-state index in [1.165, 1.54) is 43.9 Å². The van der Waals surface area contributed by atoms with E-state index in [1.807, 2.05) is 35.0 Å². The number of amides is 1. The van der Waals surface area contributed by atoms with Gasteiger partial charge in [-0.05, 0) is 56.0 Å². The second kappa shape index (κ2) is 9.29. The van der Waals surface area contributed by atoms with Gasteiger partial charge in [0.15, 0.2) is 5.78 Å². The van der Waals surface area contributed by atoms with Crippen molar-refractivity contribution in [2.75, 3.05) is 13.6 Å². The molecule has 1 heterocycles. The Morgan fingerprint density at radius 1 is 1.06 bits per heavy atom. The Morgan fingerprint density at radius 3 is 2.42 bits per heavy atom. The third kappa shape index (κ3) is 4.74. The zero-order chi connectivity index (χ0) is 23.6. The van der Waals surface area contributed by atoms with Crippen LogP contribution in [0.25, 0.3) is 5.69 Å². The van der Waals surface area contributed by atoms with E-state index in [0.29, 0.717) is 5.56 Å². The fourth-order valence-corrected chi connectivity index (χ4v) is 5.13. The summed E-state index contributed by atoms with van der Waals surface area (Å²) in [7, 11) is -2.50. The standard InChI is InChI=1S/C24H26N4O4S/c1-17(29)18-11-13-20(14-12-18)33(31,32)27(2)16-24(30)25-15-22-21-9-6-10-23(21)28(26-22)19-7-4-3-5-8-19/h3-5,7-8,11-14H,6,9-10,15-16H2,1-2H3,(H,25,30). The molecule has 0 atom stereocenters. The molecule has 1 aromatic heterocycles. The highest BCUT2D eigenvalue weighted by Gasteiger charge is 2.25. The molecule has 0 spiro atoms. The van der Waals surface area contributed by atoms with Crippen molar-refractivity contribution in [3.63, 3.8) is 0 Å². The summed E-state index contributed by atoms with van der Waals surface area (Å²) in [5, 5.41) is 7.52. The minimum absolute atomic E-state index is 0.0298. The molecule has 2 aromatic carbocycles. The summed E-state index contributed by atoms with van der Waals surface area (Å²) in [6.45, 7) is 1.33. The molecule has 8 nitrogen and oxygen atoms in total. The summed E-state index contributed by atoms with van der Waals surface area (Å²) in [5.74, 6) is -0.560. The first-order valence-corrected chi connectivity index (χ1v) is 12.2. The van der Waals surface area contributed by atoms with Crippen LogP contribution in [0.1, 0.15) is 40.7 Å². The number of ketones is 1. The van der Waals surface area contributed by atoms with E-state index in [1.54, 1.807) is 0 Å². The summed E-state index contributed by atoms with van der Waals surface area (Å²) in [4.78, 5) is 24.0. The van der Waals surface area contributed by atoms with Gasteiger partial charge in [0.25, 0.3) is 0 Å². The smallest absolute Gasteiger partial charge is 0.243 e. The second-order valence-corrected chi connectivity index (χ2v) is 10.1. The number of benzene rings is 2. The zero-order valence-electron chi connectivity index (χ0n) is 18.6. The molecule has 0 fully saturated rings. The maximum atomic E-state index is 12.8. The van der Waals surface area contributed by atoms with Gasteiger partial charge in [0, 0.05) is 18.3 Å². The normalized spacial score (nSPS) is 13.2. The molecule has 33 heavy (non-hydrogen) atoms. The lowest BCUT2D eigenvalue weighted by Gasteiger charge is -2.17. The number of nitrogens with zero attached hydrogens (tertiary/aromatic N) is 3. The number of nitrogens with one attached hydrogen (secondary N) is 1. The number of aromatic nitrogens is 2. The lowest BCUT2D eigenvalue weighted by molar-refractivity contribution is -0.121. The molecule has 3 aromatic rings. The topological polar surface area (TPSA) is 101 Å². The summed E-state index contributed by atoms with van der Waals surface area (Å²) >= 11 is 0. The maximum Gasteiger partial charge on any atom is 0.243 e. The van der Waals surface area contributed by atoms with Crippen LogP contribution < -0.4 is 5.32 Å². The molecule has 1 aliphatic carbocycles. The SMILES string of the molecule is CC(=O)c1ccc(S(=O)(=O)N(C)CC(=O)NCc2nn(-c3ccccc3)c3c2CCC3)cc1. The number of fused-ring (bicyclic) bond motifs is 1. The van der Waals surface area contributed by atoms with Gasteiger partial charge in [-0.2, -0.15) is 9.40 Å². The van der Waals surface area contributed by atoms with Gasteiger partial charge in [0.1, 0.15) is 0 Å². The van der Waals surface area contributed by atoms with Crippen LogP contribution >= 0.6 is 0 Å². The van der Waals surface area contributed by atoms with Crippen molar-refractivity contribution in [2.24, 2.45) is 0 Å². The Balaban J connectivity index is 1.42. The molecule has 0 radical (unpaired) electrons. The van der Waals surface area contributed by atoms with Crippen LogP contribution in [0, 0.1) is 0 Å². The monoisotopic (exact) mass is 466 g/mol. The van der Waals surface area contributed by atoms with E-state index < -0.39 is 15.9 Å². The highest BCUT2D eigenvalue weighted by Crippen LogP contribution is 2.27. The van der Waals surface area contributed by atoms with E-state index in [9.17, 15) is 18.0 Å². The Bertz CT molecular complexity index is 1280. The zero-order valence-corrected chi connectivity index (χ0v) is 19.4. The maximum absolute atomic E-state index is 12.8. The van der Waals surface area contributed by atoms with E-state index in [-0.39, 0.29) is 23.8 Å². The fraction of sp³-hybridized carbons (Fsp3) is 0.292. The second-order valence-electron chi connectivity index (χ2n) is 8.09. The molecule has 1 aliphatic rings. The van der Waals surface area contributed by atoms with Crippen LogP contribution in [0.5, 0.6) is 0 Å². The lowest BCUT2D eigenvalue weighted by atomic mass is 10.2. The molecular weight excluding hydrogens is 440 g/mol. The number of para-hydroxylation sites is 1. The molecule has 0 saturated carbocycles. The number of sulfonamides is 1.